The molecule has 0 fully saturated rings. The number of benzene rings is 2. The third kappa shape index (κ3) is 3.51. The van der Waals surface area contributed by atoms with E-state index in [2.05, 4.69) is 21.2 Å². The molecular formula is C17H15BrN2O4. The van der Waals surface area contributed by atoms with Gasteiger partial charge in [0.2, 0.25) is 5.91 Å². The van der Waals surface area contributed by atoms with E-state index in [-0.39, 0.29) is 18.9 Å². The smallest absolute Gasteiger partial charge is 0.419 e. The van der Waals surface area contributed by atoms with Gasteiger partial charge in [0, 0.05) is 29.2 Å². The first-order valence-electron chi connectivity index (χ1n) is 7.29. The summed E-state index contributed by atoms with van der Waals surface area (Å²) in [7, 11) is 1.57. The number of carbonyl (C=O) groups excluding carboxylic acids is 1. The first-order valence-corrected chi connectivity index (χ1v) is 8.09. The maximum Gasteiger partial charge on any atom is 0.419 e. The molecule has 0 atom stereocenters. The average molecular weight is 391 g/mol. The van der Waals surface area contributed by atoms with E-state index in [9.17, 15) is 9.59 Å². The number of carbonyl (C=O) groups is 1. The van der Waals surface area contributed by atoms with E-state index in [0.29, 0.717) is 22.5 Å². The molecule has 3 rings (SSSR count). The zero-order chi connectivity index (χ0) is 17.1. The maximum atomic E-state index is 12.1. The second-order valence-electron chi connectivity index (χ2n) is 5.16. The lowest BCUT2D eigenvalue weighted by molar-refractivity contribution is -0.116. The first kappa shape index (κ1) is 16.3. The number of nitrogens with one attached hydrogen (secondary N) is 1. The fourth-order valence-electron chi connectivity index (χ4n) is 2.39. The van der Waals surface area contributed by atoms with Gasteiger partial charge in [-0.1, -0.05) is 22.0 Å². The van der Waals surface area contributed by atoms with Crippen molar-refractivity contribution < 1.29 is 13.9 Å². The standard InChI is InChI=1S/C17H15BrN2O4/c1-23-13-4-2-3-12(10-13)19-16(21)7-8-20-14-6-5-11(18)9-15(14)24-17(20)22/h2-6,9-10H,7-8H2,1H3,(H,19,21). The summed E-state index contributed by atoms with van der Waals surface area (Å²) >= 11 is 3.33. The second-order valence-corrected chi connectivity index (χ2v) is 6.08. The Balaban J connectivity index is 1.70. The van der Waals surface area contributed by atoms with Gasteiger partial charge in [-0.3, -0.25) is 9.36 Å². The molecular weight excluding hydrogens is 376 g/mol. The van der Waals surface area contributed by atoms with Crippen molar-refractivity contribution in [1.29, 1.82) is 0 Å². The van der Waals surface area contributed by atoms with E-state index >= 15 is 0 Å². The molecule has 24 heavy (non-hydrogen) atoms. The van der Waals surface area contributed by atoms with Crippen LogP contribution in [-0.4, -0.2) is 17.6 Å². The highest BCUT2D eigenvalue weighted by Gasteiger charge is 2.11. The highest BCUT2D eigenvalue weighted by atomic mass is 79.9. The summed E-state index contributed by atoms with van der Waals surface area (Å²) in [6.07, 6.45) is 0.155. The number of aryl methyl sites for hydroxylation is 1. The van der Waals surface area contributed by atoms with Crippen LogP contribution in [0.1, 0.15) is 6.42 Å². The van der Waals surface area contributed by atoms with Gasteiger partial charge in [0.05, 0.1) is 12.6 Å². The van der Waals surface area contributed by atoms with E-state index in [1.54, 1.807) is 43.5 Å². The molecule has 1 aromatic heterocycles. The van der Waals surface area contributed by atoms with Crippen LogP contribution in [0.3, 0.4) is 0 Å². The molecule has 0 saturated heterocycles. The van der Waals surface area contributed by atoms with Crippen molar-refractivity contribution >= 4 is 38.6 Å². The van der Waals surface area contributed by atoms with Crippen molar-refractivity contribution in [2.75, 3.05) is 12.4 Å². The molecule has 0 radical (unpaired) electrons. The number of ether oxygens (including phenoxy) is 1. The lowest BCUT2D eigenvalue weighted by Crippen LogP contribution is -2.19. The van der Waals surface area contributed by atoms with Gasteiger partial charge >= 0.3 is 5.76 Å². The number of hydrogen-bond donors (Lipinski definition) is 1. The Labute approximate surface area is 146 Å². The molecule has 1 N–H and O–H groups in total. The number of fused-ring (bicyclic) bond motifs is 1. The number of oxazole rings is 1. The van der Waals surface area contributed by atoms with Crippen LogP contribution in [-0.2, 0) is 11.3 Å². The lowest BCUT2D eigenvalue weighted by atomic mass is 10.3. The predicted molar refractivity (Wildman–Crippen MR) is 94.4 cm³/mol. The third-order valence-corrected chi connectivity index (χ3v) is 4.04. The number of amides is 1. The zero-order valence-electron chi connectivity index (χ0n) is 12.9. The second kappa shape index (κ2) is 6.92. The van der Waals surface area contributed by atoms with Crippen molar-refractivity contribution in [1.82, 2.24) is 4.57 Å². The number of nitrogens with zero attached hydrogens (tertiary/aromatic N) is 1. The average Bonchev–Trinajstić information content (AvgIpc) is 2.87. The van der Waals surface area contributed by atoms with Crippen LogP contribution in [0.25, 0.3) is 11.1 Å². The van der Waals surface area contributed by atoms with Crippen LogP contribution in [0.5, 0.6) is 5.75 Å². The molecule has 1 amide bonds. The summed E-state index contributed by atoms with van der Waals surface area (Å²) in [5.41, 5.74) is 1.80. The van der Waals surface area contributed by atoms with Crippen molar-refractivity contribution in [3.8, 4) is 5.75 Å². The van der Waals surface area contributed by atoms with Gasteiger partial charge in [-0.15, -0.1) is 0 Å². The van der Waals surface area contributed by atoms with Gasteiger partial charge in [-0.2, -0.15) is 0 Å². The van der Waals surface area contributed by atoms with Crippen LogP contribution in [0.2, 0.25) is 0 Å². The van der Waals surface area contributed by atoms with Gasteiger partial charge in [-0.05, 0) is 30.3 Å². The Morgan fingerprint density at radius 2 is 2.12 bits per heavy atom. The Kier molecular flexibility index (Phi) is 4.71. The topological polar surface area (TPSA) is 73.5 Å². The quantitative estimate of drug-likeness (QED) is 0.724. The molecule has 124 valence electrons. The molecule has 7 heteroatoms. The van der Waals surface area contributed by atoms with Crippen LogP contribution in [0.15, 0.2) is 56.1 Å². The normalized spacial score (nSPS) is 10.8. The Hall–Kier alpha value is -2.54. The maximum absolute atomic E-state index is 12.1. The molecule has 0 spiro atoms. The van der Waals surface area contributed by atoms with Crippen LogP contribution in [0.4, 0.5) is 5.69 Å². The zero-order valence-corrected chi connectivity index (χ0v) is 14.5. The number of methoxy groups -OCH3 is 1. The van der Waals surface area contributed by atoms with E-state index in [1.165, 1.54) is 4.57 Å². The number of hydrogen-bond acceptors (Lipinski definition) is 4. The monoisotopic (exact) mass is 390 g/mol. The number of rotatable bonds is 5. The van der Waals surface area contributed by atoms with Gasteiger partial charge in [0.15, 0.2) is 5.58 Å². The molecule has 0 aliphatic carbocycles. The largest absolute Gasteiger partial charge is 0.497 e. The fraction of sp³-hybridized carbons (Fsp3) is 0.176. The molecule has 2 aromatic carbocycles. The van der Waals surface area contributed by atoms with E-state index in [1.807, 2.05) is 6.07 Å². The minimum atomic E-state index is -0.475. The molecule has 0 aliphatic heterocycles. The van der Waals surface area contributed by atoms with Crippen LogP contribution < -0.4 is 15.8 Å². The van der Waals surface area contributed by atoms with Gasteiger partial charge in [0.1, 0.15) is 5.75 Å². The SMILES string of the molecule is COc1cccc(NC(=O)CCn2c(=O)oc3cc(Br)ccc32)c1. The van der Waals surface area contributed by atoms with Crippen molar-refractivity contribution in [3.63, 3.8) is 0 Å². The molecule has 0 unspecified atom stereocenters. The molecule has 1 heterocycles. The summed E-state index contributed by atoms with van der Waals surface area (Å²) < 4.78 is 12.6. The molecule has 3 aromatic rings. The van der Waals surface area contributed by atoms with E-state index < -0.39 is 5.76 Å². The molecule has 0 bridgehead atoms. The van der Waals surface area contributed by atoms with Crippen LogP contribution in [0, 0.1) is 0 Å². The minimum Gasteiger partial charge on any atom is -0.497 e. The van der Waals surface area contributed by atoms with Crippen LogP contribution >= 0.6 is 15.9 Å². The highest BCUT2D eigenvalue weighted by Crippen LogP contribution is 2.19. The number of anilines is 1. The third-order valence-electron chi connectivity index (χ3n) is 3.55. The summed E-state index contributed by atoms with van der Waals surface area (Å²) in [6, 6.07) is 12.4. The van der Waals surface area contributed by atoms with Crippen molar-refractivity contribution in [3.05, 3.63) is 57.5 Å². The fourth-order valence-corrected chi connectivity index (χ4v) is 2.73. The molecule has 6 nitrogen and oxygen atoms in total. The Morgan fingerprint density at radius 3 is 2.92 bits per heavy atom. The molecule has 0 saturated carbocycles. The lowest BCUT2D eigenvalue weighted by Gasteiger charge is -2.07. The Morgan fingerprint density at radius 1 is 1.29 bits per heavy atom. The van der Waals surface area contributed by atoms with Gasteiger partial charge in [-0.25, -0.2) is 4.79 Å². The summed E-state index contributed by atoms with van der Waals surface area (Å²) in [4.78, 5) is 24.0. The van der Waals surface area contributed by atoms with Crippen molar-refractivity contribution in [2.24, 2.45) is 0 Å². The highest BCUT2D eigenvalue weighted by molar-refractivity contribution is 9.10. The van der Waals surface area contributed by atoms with Gasteiger partial charge in [0.25, 0.3) is 0 Å². The summed E-state index contributed by atoms with van der Waals surface area (Å²) in [5.74, 6) is -0.00526. The van der Waals surface area contributed by atoms with Crippen molar-refractivity contribution in [2.45, 2.75) is 13.0 Å². The van der Waals surface area contributed by atoms with Gasteiger partial charge < -0.3 is 14.5 Å². The first-order chi connectivity index (χ1) is 11.6. The molecule has 0 aliphatic rings. The number of aromatic nitrogens is 1. The summed E-state index contributed by atoms with van der Waals surface area (Å²) in [6.45, 7) is 0.239. The summed E-state index contributed by atoms with van der Waals surface area (Å²) in [5, 5.41) is 2.78. The predicted octanol–water partition coefficient (Wildman–Crippen LogP) is 3.39. The minimum absolute atomic E-state index is 0.155. The Bertz CT molecular complexity index is 945. The van der Waals surface area contributed by atoms with E-state index in [0.717, 1.165) is 4.47 Å². The number of halogens is 1. The van der Waals surface area contributed by atoms with E-state index in [4.69, 9.17) is 9.15 Å².